The van der Waals surface area contributed by atoms with Gasteiger partial charge in [0.2, 0.25) is 5.91 Å². The fourth-order valence-corrected chi connectivity index (χ4v) is 2.87. The van der Waals surface area contributed by atoms with Crippen LogP contribution >= 0.6 is 0 Å². The van der Waals surface area contributed by atoms with Gasteiger partial charge in [0, 0.05) is 11.8 Å². The van der Waals surface area contributed by atoms with Crippen LogP contribution in [0.4, 0.5) is 17.1 Å². The van der Waals surface area contributed by atoms with Crippen molar-refractivity contribution >= 4 is 28.9 Å². The highest BCUT2D eigenvalue weighted by atomic mass is 16.5. The SMILES string of the molecule is CC1CN(CC(=O)Nc2ccccc2C(N)=O)c2ccc(N)cc2O1. The van der Waals surface area contributed by atoms with E-state index in [4.69, 9.17) is 16.2 Å². The third-order valence-electron chi connectivity index (χ3n) is 3.93. The van der Waals surface area contributed by atoms with Gasteiger partial charge in [-0.05, 0) is 31.2 Å². The number of primary amides is 1. The number of rotatable bonds is 4. The Morgan fingerprint density at radius 3 is 2.80 bits per heavy atom. The number of nitrogens with two attached hydrogens (primary N) is 2. The highest BCUT2D eigenvalue weighted by Crippen LogP contribution is 2.34. The van der Waals surface area contributed by atoms with Gasteiger partial charge in [0.05, 0.1) is 30.0 Å². The van der Waals surface area contributed by atoms with Crippen molar-refractivity contribution in [2.45, 2.75) is 13.0 Å². The number of hydrogen-bond acceptors (Lipinski definition) is 5. The van der Waals surface area contributed by atoms with Crippen LogP contribution in [0.15, 0.2) is 42.5 Å². The van der Waals surface area contributed by atoms with E-state index in [1.807, 2.05) is 17.9 Å². The first kappa shape index (κ1) is 16.6. The lowest BCUT2D eigenvalue weighted by molar-refractivity contribution is -0.115. The van der Waals surface area contributed by atoms with Gasteiger partial charge in [-0.3, -0.25) is 9.59 Å². The van der Waals surface area contributed by atoms with Gasteiger partial charge in [-0.15, -0.1) is 0 Å². The number of anilines is 3. The van der Waals surface area contributed by atoms with Crippen molar-refractivity contribution in [3.8, 4) is 5.75 Å². The number of benzene rings is 2. The number of nitrogens with one attached hydrogen (secondary N) is 1. The van der Waals surface area contributed by atoms with Gasteiger partial charge in [-0.2, -0.15) is 0 Å². The summed E-state index contributed by atoms with van der Waals surface area (Å²) in [6.07, 6.45) is -0.0694. The van der Waals surface area contributed by atoms with Crippen molar-refractivity contribution in [1.82, 2.24) is 0 Å². The monoisotopic (exact) mass is 340 g/mol. The zero-order chi connectivity index (χ0) is 18.0. The lowest BCUT2D eigenvalue weighted by atomic mass is 10.1. The molecule has 0 bridgehead atoms. The van der Waals surface area contributed by atoms with Crippen molar-refractivity contribution in [3.05, 3.63) is 48.0 Å². The second kappa shape index (κ2) is 6.72. The molecule has 2 aromatic rings. The van der Waals surface area contributed by atoms with Crippen molar-refractivity contribution < 1.29 is 14.3 Å². The Kier molecular flexibility index (Phi) is 4.47. The van der Waals surface area contributed by atoms with E-state index in [0.29, 0.717) is 23.7 Å². The number of carbonyl (C=O) groups is 2. The number of amides is 2. The summed E-state index contributed by atoms with van der Waals surface area (Å²) in [5.41, 5.74) is 13.2. The first-order chi connectivity index (χ1) is 11.9. The van der Waals surface area contributed by atoms with Crippen LogP contribution < -0.4 is 26.4 Å². The number of hydrogen-bond donors (Lipinski definition) is 3. The Bertz CT molecular complexity index is 822. The average molecular weight is 340 g/mol. The first-order valence-corrected chi connectivity index (χ1v) is 7.94. The smallest absolute Gasteiger partial charge is 0.250 e. The highest BCUT2D eigenvalue weighted by Gasteiger charge is 2.25. The molecular weight excluding hydrogens is 320 g/mol. The maximum absolute atomic E-state index is 12.5. The Morgan fingerprint density at radius 1 is 1.28 bits per heavy atom. The third kappa shape index (κ3) is 3.65. The molecule has 1 aliphatic rings. The maximum Gasteiger partial charge on any atom is 0.250 e. The normalized spacial score (nSPS) is 15.9. The molecule has 2 aromatic carbocycles. The summed E-state index contributed by atoms with van der Waals surface area (Å²) in [7, 11) is 0. The molecule has 3 rings (SSSR count). The molecule has 0 aromatic heterocycles. The number of carbonyl (C=O) groups excluding carboxylic acids is 2. The number of para-hydroxylation sites is 1. The lowest BCUT2D eigenvalue weighted by Gasteiger charge is -2.34. The second-order valence-corrected chi connectivity index (χ2v) is 5.99. The van der Waals surface area contributed by atoms with Crippen molar-refractivity contribution in [1.29, 1.82) is 0 Å². The zero-order valence-corrected chi connectivity index (χ0v) is 13.9. The van der Waals surface area contributed by atoms with E-state index in [-0.39, 0.29) is 24.1 Å². The molecule has 1 heterocycles. The molecule has 130 valence electrons. The minimum atomic E-state index is -0.586. The van der Waals surface area contributed by atoms with E-state index in [2.05, 4.69) is 5.32 Å². The molecule has 0 aliphatic carbocycles. The van der Waals surface area contributed by atoms with E-state index in [0.717, 1.165) is 5.69 Å². The van der Waals surface area contributed by atoms with E-state index >= 15 is 0 Å². The number of ether oxygens (including phenoxy) is 1. The predicted molar refractivity (Wildman–Crippen MR) is 96.7 cm³/mol. The minimum Gasteiger partial charge on any atom is -0.487 e. The van der Waals surface area contributed by atoms with Crippen molar-refractivity contribution in [3.63, 3.8) is 0 Å². The third-order valence-corrected chi connectivity index (χ3v) is 3.93. The topological polar surface area (TPSA) is 111 Å². The summed E-state index contributed by atoms with van der Waals surface area (Å²) < 4.78 is 5.78. The summed E-state index contributed by atoms with van der Waals surface area (Å²) in [6, 6.07) is 12.0. The van der Waals surface area contributed by atoms with Gasteiger partial charge in [0.25, 0.3) is 5.91 Å². The second-order valence-electron chi connectivity index (χ2n) is 5.99. The Hall–Kier alpha value is -3.22. The molecule has 0 saturated heterocycles. The minimum absolute atomic E-state index is 0.0694. The number of nitrogens with zero attached hydrogens (tertiary/aromatic N) is 1. The molecule has 2 amide bonds. The van der Waals surface area contributed by atoms with Gasteiger partial charge in [0.1, 0.15) is 11.9 Å². The van der Waals surface area contributed by atoms with E-state index < -0.39 is 5.91 Å². The van der Waals surface area contributed by atoms with Gasteiger partial charge in [0.15, 0.2) is 0 Å². The van der Waals surface area contributed by atoms with Crippen LogP contribution in [0.5, 0.6) is 5.75 Å². The standard InChI is InChI=1S/C18H20N4O3/c1-11-9-22(15-7-6-12(19)8-16(15)25-11)10-17(23)21-14-5-3-2-4-13(14)18(20)24/h2-8,11H,9-10,19H2,1H3,(H2,20,24)(H,21,23). The quantitative estimate of drug-likeness (QED) is 0.732. The molecule has 0 fully saturated rings. The number of nitrogen functional groups attached to an aromatic ring is 1. The molecule has 0 saturated carbocycles. The first-order valence-electron chi connectivity index (χ1n) is 7.94. The van der Waals surface area contributed by atoms with Crippen LogP contribution in [0.3, 0.4) is 0 Å². The van der Waals surface area contributed by atoms with Gasteiger partial charge in [-0.1, -0.05) is 12.1 Å². The van der Waals surface area contributed by atoms with Crippen LogP contribution in [-0.2, 0) is 4.79 Å². The lowest BCUT2D eigenvalue weighted by Crippen LogP contribution is -2.42. The summed E-state index contributed by atoms with van der Waals surface area (Å²) in [6.45, 7) is 2.62. The number of fused-ring (bicyclic) bond motifs is 1. The molecule has 25 heavy (non-hydrogen) atoms. The molecule has 7 heteroatoms. The summed E-state index contributed by atoms with van der Waals surface area (Å²) in [5, 5.41) is 2.75. The van der Waals surface area contributed by atoms with Crippen molar-refractivity contribution in [2.75, 3.05) is 29.0 Å². The molecule has 1 unspecified atom stereocenters. The molecular formula is C18H20N4O3. The summed E-state index contributed by atoms with van der Waals surface area (Å²) in [5.74, 6) is -0.175. The summed E-state index contributed by atoms with van der Waals surface area (Å²) >= 11 is 0. The summed E-state index contributed by atoms with van der Waals surface area (Å²) in [4.78, 5) is 25.9. The Morgan fingerprint density at radius 2 is 2.04 bits per heavy atom. The molecule has 5 N–H and O–H groups in total. The van der Waals surface area contributed by atoms with Gasteiger partial charge >= 0.3 is 0 Å². The van der Waals surface area contributed by atoms with Crippen molar-refractivity contribution in [2.24, 2.45) is 5.73 Å². The van der Waals surface area contributed by atoms with Crippen LogP contribution in [0.1, 0.15) is 17.3 Å². The fourth-order valence-electron chi connectivity index (χ4n) is 2.87. The van der Waals surface area contributed by atoms with Crippen LogP contribution in [0.25, 0.3) is 0 Å². The highest BCUT2D eigenvalue weighted by molar-refractivity contribution is 6.04. The molecule has 7 nitrogen and oxygen atoms in total. The van der Waals surface area contributed by atoms with E-state index in [9.17, 15) is 9.59 Å². The van der Waals surface area contributed by atoms with E-state index in [1.54, 1.807) is 36.4 Å². The Balaban J connectivity index is 1.77. The molecule has 0 radical (unpaired) electrons. The molecule has 0 spiro atoms. The predicted octanol–water partition coefficient (Wildman–Crippen LogP) is 1.59. The van der Waals surface area contributed by atoms with Gasteiger partial charge < -0.3 is 26.4 Å². The van der Waals surface area contributed by atoms with Crippen LogP contribution in [-0.4, -0.2) is 31.0 Å². The largest absolute Gasteiger partial charge is 0.487 e. The van der Waals surface area contributed by atoms with Crippen LogP contribution in [0.2, 0.25) is 0 Å². The molecule has 1 atom stereocenters. The van der Waals surface area contributed by atoms with Crippen LogP contribution in [0, 0.1) is 0 Å². The van der Waals surface area contributed by atoms with Gasteiger partial charge in [-0.25, -0.2) is 0 Å². The molecule has 1 aliphatic heterocycles. The fraction of sp³-hybridized carbons (Fsp3) is 0.222. The van der Waals surface area contributed by atoms with E-state index in [1.165, 1.54) is 0 Å². The maximum atomic E-state index is 12.5. The zero-order valence-electron chi connectivity index (χ0n) is 13.9. The average Bonchev–Trinajstić information content (AvgIpc) is 2.54. The Labute approximate surface area is 145 Å².